The summed E-state index contributed by atoms with van der Waals surface area (Å²) >= 11 is 0. The molecule has 0 aliphatic rings. The molecule has 0 saturated heterocycles. The topological polar surface area (TPSA) is 73.2 Å². The highest BCUT2D eigenvalue weighted by Crippen LogP contribution is 2.17. The molecule has 0 aliphatic heterocycles. The third-order valence-corrected chi connectivity index (χ3v) is 1.67. The average Bonchev–Trinajstić information content (AvgIpc) is 2.64. The van der Waals surface area contributed by atoms with Crippen LogP contribution in [0.1, 0.15) is 0 Å². The average molecular weight is 251 g/mol. The number of carbonyl (C=O) groups is 2. The fraction of sp³-hybridized carbons (Fsp3) is 0.375. The van der Waals surface area contributed by atoms with Crippen molar-refractivity contribution in [2.75, 3.05) is 12.4 Å². The van der Waals surface area contributed by atoms with Crippen LogP contribution in [0.2, 0.25) is 0 Å². The Morgan fingerprint density at radius 3 is 2.71 bits per heavy atom. The lowest BCUT2D eigenvalue weighted by molar-refractivity contribution is -0.167. The van der Waals surface area contributed by atoms with Gasteiger partial charge in [0.25, 0.3) is 0 Å². The molecule has 6 nitrogen and oxygen atoms in total. The fourth-order valence-electron chi connectivity index (χ4n) is 0.913. The molecule has 0 fully saturated rings. The Labute approximate surface area is 93.3 Å². The van der Waals surface area contributed by atoms with Gasteiger partial charge in [0, 0.05) is 6.20 Å². The van der Waals surface area contributed by atoms with Gasteiger partial charge in [0.1, 0.15) is 6.54 Å². The van der Waals surface area contributed by atoms with E-state index in [1.54, 1.807) is 5.32 Å². The van der Waals surface area contributed by atoms with Crippen molar-refractivity contribution < 1.29 is 27.5 Å². The lowest BCUT2D eigenvalue weighted by Crippen LogP contribution is -2.29. The van der Waals surface area contributed by atoms with E-state index in [0.29, 0.717) is 0 Å². The molecule has 1 aromatic rings. The maximum Gasteiger partial charge on any atom is 0.471 e. The van der Waals surface area contributed by atoms with E-state index in [0.717, 1.165) is 24.2 Å². The Balaban J connectivity index is 2.63. The maximum absolute atomic E-state index is 11.9. The third-order valence-electron chi connectivity index (χ3n) is 1.67. The van der Waals surface area contributed by atoms with Crippen molar-refractivity contribution in [3.8, 4) is 0 Å². The van der Waals surface area contributed by atoms with E-state index in [9.17, 15) is 22.8 Å². The number of rotatable bonds is 3. The number of amides is 1. The zero-order valence-corrected chi connectivity index (χ0v) is 8.61. The number of alkyl halides is 3. The lowest BCUT2D eigenvalue weighted by atomic mass is 10.5. The monoisotopic (exact) mass is 251 g/mol. The number of aromatic nitrogens is 2. The number of ether oxygens (including phenoxy) is 1. The summed E-state index contributed by atoms with van der Waals surface area (Å²) in [6.45, 7) is -0.252. The molecule has 0 saturated carbocycles. The standard InChI is InChI=1S/C8H8F3N3O3/c1-17-6(15)4-14-3-5(2-12-14)13-7(16)8(9,10)11/h2-3H,4H2,1H3,(H,13,16). The highest BCUT2D eigenvalue weighted by molar-refractivity contribution is 5.94. The summed E-state index contributed by atoms with van der Waals surface area (Å²) in [6.07, 6.45) is -2.89. The zero-order valence-electron chi connectivity index (χ0n) is 8.61. The number of esters is 1. The minimum atomic E-state index is -4.97. The number of hydrogen-bond donors (Lipinski definition) is 1. The number of anilines is 1. The molecular weight excluding hydrogens is 243 g/mol. The molecule has 17 heavy (non-hydrogen) atoms. The van der Waals surface area contributed by atoms with E-state index in [2.05, 4.69) is 9.84 Å². The van der Waals surface area contributed by atoms with Crippen LogP contribution < -0.4 is 5.32 Å². The second-order valence-corrected chi connectivity index (χ2v) is 2.95. The molecule has 1 heterocycles. The molecule has 0 spiro atoms. The van der Waals surface area contributed by atoms with Crippen molar-refractivity contribution in [2.45, 2.75) is 12.7 Å². The molecule has 0 radical (unpaired) electrons. The normalized spacial score (nSPS) is 11.1. The second kappa shape index (κ2) is 4.85. The molecular formula is C8H8F3N3O3. The molecule has 0 atom stereocenters. The SMILES string of the molecule is COC(=O)Cn1cc(NC(=O)C(F)(F)F)cn1. The highest BCUT2D eigenvalue weighted by atomic mass is 19.4. The third kappa shape index (κ3) is 3.78. The number of carbonyl (C=O) groups excluding carboxylic acids is 2. The lowest BCUT2D eigenvalue weighted by Gasteiger charge is -2.04. The quantitative estimate of drug-likeness (QED) is 0.796. The minimum Gasteiger partial charge on any atom is -0.468 e. The molecule has 0 bridgehead atoms. The number of halogens is 3. The van der Waals surface area contributed by atoms with Crippen molar-refractivity contribution in [2.24, 2.45) is 0 Å². The molecule has 94 valence electrons. The van der Waals surface area contributed by atoms with Gasteiger partial charge in [0.2, 0.25) is 0 Å². The maximum atomic E-state index is 11.9. The summed E-state index contributed by atoms with van der Waals surface area (Å²) in [4.78, 5) is 21.4. The second-order valence-electron chi connectivity index (χ2n) is 2.95. The predicted octanol–water partition coefficient (Wildman–Crippen LogP) is 0.557. The van der Waals surface area contributed by atoms with E-state index < -0.39 is 18.1 Å². The first-order valence-electron chi connectivity index (χ1n) is 4.30. The van der Waals surface area contributed by atoms with Crippen molar-refractivity contribution in [1.29, 1.82) is 0 Å². The van der Waals surface area contributed by atoms with Gasteiger partial charge in [-0.05, 0) is 0 Å². The van der Waals surface area contributed by atoms with E-state index in [1.807, 2.05) is 0 Å². The minimum absolute atomic E-state index is 0.156. The van der Waals surface area contributed by atoms with Crippen LogP contribution in [0.4, 0.5) is 18.9 Å². The smallest absolute Gasteiger partial charge is 0.468 e. The van der Waals surface area contributed by atoms with Crippen LogP contribution in [0.15, 0.2) is 12.4 Å². The summed E-state index contributed by atoms with van der Waals surface area (Å²) < 4.78 is 41.0. The first-order valence-corrected chi connectivity index (χ1v) is 4.30. The van der Waals surface area contributed by atoms with Crippen molar-refractivity contribution >= 4 is 17.6 Å². The van der Waals surface area contributed by atoms with Gasteiger partial charge in [-0.2, -0.15) is 18.3 Å². The zero-order chi connectivity index (χ0) is 13.1. The molecule has 0 unspecified atom stereocenters. The van der Waals surface area contributed by atoms with Gasteiger partial charge in [-0.25, -0.2) is 0 Å². The Morgan fingerprint density at radius 1 is 1.53 bits per heavy atom. The molecule has 1 amide bonds. The van der Waals surface area contributed by atoms with Crippen LogP contribution in [-0.2, 0) is 20.9 Å². The van der Waals surface area contributed by atoms with E-state index in [-0.39, 0.29) is 12.2 Å². The van der Waals surface area contributed by atoms with Crippen LogP contribution >= 0.6 is 0 Å². The molecule has 1 aromatic heterocycles. The summed E-state index contributed by atoms with van der Waals surface area (Å²) in [5.41, 5.74) is -0.156. The molecule has 9 heteroatoms. The summed E-state index contributed by atoms with van der Waals surface area (Å²) in [6, 6.07) is 0. The van der Waals surface area contributed by atoms with Gasteiger partial charge < -0.3 is 10.1 Å². The highest BCUT2D eigenvalue weighted by Gasteiger charge is 2.38. The molecule has 1 rings (SSSR count). The van der Waals surface area contributed by atoms with Gasteiger partial charge in [0.15, 0.2) is 0 Å². The number of hydrogen-bond acceptors (Lipinski definition) is 4. The summed E-state index contributed by atoms with van der Waals surface area (Å²) in [5.74, 6) is -2.71. The van der Waals surface area contributed by atoms with E-state index in [4.69, 9.17) is 0 Å². The Morgan fingerprint density at radius 2 is 2.18 bits per heavy atom. The van der Waals surface area contributed by atoms with Gasteiger partial charge in [-0.3, -0.25) is 14.3 Å². The first-order chi connectivity index (χ1) is 7.82. The van der Waals surface area contributed by atoms with Crippen molar-refractivity contribution in [3.63, 3.8) is 0 Å². The van der Waals surface area contributed by atoms with E-state index in [1.165, 1.54) is 0 Å². The van der Waals surface area contributed by atoms with Crippen molar-refractivity contribution in [1.82, 2.24) is 9.78 Å². The van der Waals surface area contributed by atoms with Gasteiger partial charge in [0.05, 0.1) is 19.0 Å². The van der Waals surface area contributed by atoms with E-state index >= 15 is 0 Å². The van der Waals surface area contributed by atoms with Crippen LogP contribution in [0.5, 0.6) is 0 Å². The first kappa shape index (κ1) is 13.0. The predicted molar refractivity (Wildman–Crippen MR) is 48.9 cm³/mol. The van der Waals surface area contributed by atoms with Gasteiger partial charge >= 0.3 is 18.1 Å². The Kier molecular flexibility index (Phi) is 3.71. The summed E-state index contributed by atoms with van der Waals surface area (Å²) in [7, 11) is 1.16. The molecule has 0 aliphatic carbocycles. The summed E-state index contributed by atoms with van der Waals surface area (Å²) in [5, 5.41) is 5.17. The fourth-order valence-corrected chi connectivity index (χ4v) is 0.913. The number of nitrogens with zero attached hydrogens (tertiary/aromatic N) is 2. The van der Waals surface area contributed by atoms with Crippen LogP contribution in [0.3, 0.4) is 0 Å². The number of methoxy groups -OCH3 is 1. The van der Waals surface area contributed by atoms with Crippen molar-refractivity contribution in [3.05, 3.63) is 12.4 Å². The van der Waals surface area contributed by atoms with Gasteiger partial charge in [-0.15, -0.1) is 0 Å². The van der Waals surface area contributed by atoms with Crippen LogP contribution in [-0.4, -0.2) is 34.9 Å². The largest absolute Gasteiger partial charge is 0.471 e. The van der Waals surface area contributed by atoms with Crippen LogP contribution in [0, 0.1) is 0 Å². The molecule has 1 N–H and O–H groups in total. The Hall–Kier alpha value is -2.06. The number of nitrogens with one attached hydrogen (secondary N) is 1. The Bertz CT molecular complexity index is 427. The van der Waals surface area contributed by atoms with Crippen LogP contribution in [0.25, 0.3) is 0 Å². The molecule has 0 aromatic carbocycles. The van der Waals surface area contributed by atoms with Gasteiger partial charge in [-0.1, -0.05) is 0 Å².